The van der Waals surface area contributed by atoms with E-state index in [1.807, 2.05) is 6.92 Å². The van der Waals surface area contributed by atoms with Crippen LogP contribution in [0.25, 0.3) is 0 Å². The standard InChI is InChI=1S/C21H32O4S/c1-19-7-4-8-20(2,18(23)24)15(19)6-10-21-9-5-13(11-16(19)21)14(17(21)22)12-26(3)25/h13-16H,4-12H2,1-3H3,(H,23,24)/t13-,14+,15?,16?,19-,20-,21+,26?/m1/s1. The molecule has 0 aromatic rings. The van der Waals surface area contributed by atoms with E-state index in [0.717, 1.165) is 51.4 Å². The molecule has 0 radical (unpaired) electrons. The molecular formula is C21H32O4S. The minimum atomic E-state index is -0.937. The third-order valence-corrected chi connectivity index (χ3v) is 9.95. The quantitative estimate of drug-likeness (QED) is 0.811. The SMILES string of the molecule is CS(=O)C[C@@H]1C(=O)[C@@]23CCC4[C@@](C)(CCC[C@@]4(C)C(=O)O)C2C[C@H]1CC3. The zero-order valence-corrected chi connectivity index (χ0v) is 17.1. The Morgan fingerprint density at radius 1 is 1.15 bits per heavy atom. The molecule has 0 aromatic carbocycles. The second-order valence-corrected chi connectivity index (χ2v) is 11.6. The van der Waals surface area contributed by atoms with Crippen molar-refractivity contribution in [2.75, 3.05) is 12.0 Å². The van der Waals surface area contributed by atoms with E-state index < -0.39 is 22.2 Å². The van der Waals surface area contributed by atoms with Crippen LogP contribution >= 0.6 is 0 Å². The largest absolute Gasteiger partial charge is 0.481 e. The first-order valence-corrected chi connectivity index (χ1v) is 12.0. The second-order valence-electron chi connectivity index (χ2n) is 10.1. The Kier molecular flexibility index (Phi) is 4.22. The molecule has 5 saturated carbocycles. The Balaban J connectivity index is 1.72. The van der Waals surface area contributed by atoms with E-state index in [2.05, 4.69) is 6.92 Å². The summed E-state index contributed by atoms with van der Waals surface area (Å²) in [4.78, 5) is 25.7. The molecule has 146 valence electrons. The summed E-state index contributed by atoms with van der Waals surface area (Å²) in [6, 6.07) is 0. The highest BCUT2D eigenvalue weighted by Gasteiger charge is 2.68. The number of Topliss-reactive ketones (excluding diaryl/α,β-unsaturated/α-hetero) is 1. The monoisotopic (exact) mass is 380 g/mol. The van der Waals surface area contributed by atoms with Crippen LogP contribution in [0.4, 0.5) is 0 Å². The highest BCUT2D eigenvalue weighted by Crippen LogP contribution is 2.71. The summed E-state index contributed by atoms with van der Waals surface area (Å²) < 4.78 is 11.8. The number of carbonyl (C=O) groups is 2. The Bertz CT molecular complexity index is 675. The number of rotatable bonds is 3. The van der Waals surface area contributed by atoms with Gasteiger partial charge in [0.25, 0.3) is 0 Å². The van der Waals surface area contributed by atoms with Crippen LogP contribution in [-0.2, 0) is 20.4 Å². The van der Waals surface area contributed by atoms with Crippen molar-refractivity contribution in [3.05, 3.63) is 0 Å². The zero-order valence-electron chi connectivity index (χ0n) is 16.3. The van der Waals surface area contributed by atoms with E-state index in [1.165, 1.54) is 0 Å². The maximum atomic E-state index is 13.5. The van der Waals surface area contributed by atoms with Gasteiger partial charge in [-0.05, 0) is 75.0 Å². The molecule has 5 fully saturated rings. The maximum absolute atomic E-state index is 13.5. The first-order valence-electron chi connectivity index (χ1n) is 10.2. The van der Waals surface area contributed by atoms with E-state index in [1.54, 1.807) is 6.26 Å². The van der Waals surface area contributed by atoms with E-state index in [-0.39, 0.29) is 22.7 Å². The van der Waals surface area contributed by atoms with Gasteiger partial charge >= 0.3 is 5.97 Å². The van der Waals surface area contributed by atoms with Gasteiger partial charge in [-0.2, -0.15) is 0 Å². The second kappa shape index (κ2) is 5.89. The van der Waals surface area contributed by atoms with Gasteiger partial charge in [-0.1, -0.05) is 13.3 Å². The van der Waals surface area contributed by atoms with E-state index in [4.69, 9.17) is 0 Å². The summed E-state index contributed by atoms with van der Waals surface area (Å²) in [5.41, 5.74) is -0.965. The highest BCUT2D eigenvalue weighted by molar-refractivity contribution is 7.84. The molecule has 3 unspecified atom stereocenters. The molecule has 5 heteroatoms. The average molecular weight is 381 g/mol. The first-order chi connectivity index (χ1) is 12.1. The molecule has 1 spiro atoms. The number of carboxylic acid groups (broad SMARTS) is 1. The molecule has 5 aliphatic rings. The smallest absolute Gasteiger partial charge is 0.309 e. The fraction of sp³-hybridized carbons (Fsp3) is 0.905. The molecule has 26 heavy (non-hydrogen) atoms. The number of hydrogen-bond donors (Lipinski definition) is 1. The predicted octanol–water partition coefficient (Wildman–Crippen LogP) is 3.66. The fourth-order valence-corrected chi connectivity index (χ4v) is 8.86. The van der Waals surface area contributed by atoms with Crippen molar-refractivity contribution in [2.24, 2.45) is 39.9 Å². The van der Waals surface area contributed by atoms with Gasteiger partial charge in [-0.15, -0.1) is 0 Å². The molecule has 8 atom stereocenters. The number of carbonyl (C=O) groups excluding carboxylic acids is 1. The lowest BCUT2D eigenvalue weighted by molar-refractivity contribution is -0.202. The predicted molar refractivity (Wildman–Crippen MR) is 101 cm³/mol. The van der Waals surface area contributed by atoms with Crippen LogP contribution in [0.15, 0.2) is 0 Å². The molecule has 1 N–H and O–H groups in total. The summed E-state index contributed by atoms with van der Waals surface area (Å²) in [6.45, 7) is 4.24. The van der Waals surface area contributed by atoms with Gasteiger partial charge in [-0.25, -0.2) is 0 Å². The first kappa shape index (κ1) is 18.6. The van der Waals surface area contributed by atoms with Gasteiger partial charge in [0.1, 0.15) is 5.78 Å². The summed E-state index contributed by atoms with van der Waals surface area (Å²) in [6.07, 6.45) is 9.27. The van der Waals surface area contributed by atoms with Gasteiger partial charge < -0.3 is 5.11 Å². The number of fused-ring (bicyclic) bond motifs is 3. The summed E-state index contributed by atoms with van der Waals surface area (Å²) in [5.74, 6) is 1.05. The van der Waals surface area contributed by atoms with E-state index in [0.29, 0.717) is 23.4 Å². The van der Waals surface area contributed by atoms with Crippen molar-refractivity contribution in [3.63, 3.8) is 0 Å². The Labute approximate surface area is 159 Å². The molecule has 2 bridgehead atoms. The molecule has 5 aliphatic carbocycles. The van der Waals surface area contributed by atoms with E-state index >= 15 is 0 Å². The highest BCUT2D eigenvalue weighted by atomic mass is 32.2. The molecule has 5 rings (SSSR count). The summed E-state index contributed by atoms with van der Waals surface area (Å²) in [5, 5.41) is 9.97. The van der Waals surface area contributed by atoms with Crippen LogP contribution in [0.2, 0.25) is 0 Å². The minimum absolute atomic E-state index is 0.0274. The van der Waals surface area contributed by atoms with E-state index in [9.17, 15) is 18.9 Å². The Morgan fingerprint density at radius 3 is 2.50 bits per heavy atom. The van der Waals surface area contributed by atoms with Crippen molar-refractivity contribution >= 4 is 22.6 Å². The fourth-order valence-electron chi connectivity index (χ4n) is 7.93. The zero-order chi connectivity index (χ0) is 18.9. The minimum Gasteiger partial charge on any atom is -0.481 e. The maximum Gasteiger partial charge on any atom is 0.309 e. The van der Waals surface area contributed by atoms with Crippen molar-refractivity contribution < 1.29 is 18.9 Å². The summed E-state index contributed by atoms with van der Waals surface area (Å²) in [7, 11) is -0.937. The number of aliphatic carboxylic acids is 1. The molecular weight excluding hydrogens is 348 g/mol. The molecule has 0 heterocycles. The average Bonchev–Trinajstić information content (AvgIpc) is 2.57. The number of carboxylic acids is 1. The third-order valence-electron chi connectivity index (χ3n) is 9.12. The van der Waals surface area contributed by atoms with Crippen molar-refractivity contribution in [2.45, 2.75) is 65.2 Å². The molecule has 0 amide bonds. The lowest BCUT2D eigenvalue weighted by Crippen LogP contribution is -2.65. The Hall–Kier alpha value is -0.710. The normalized spacial score (nSPS) is 51.4. The molecule has 0 aromatic heterocycles. The topological polar surface area (TPSA) is 71.4 Å². The third kappa shape index (κ3) is 2.28. The van der Waals surface area contributed by atoms with Crippen LogP contribution in [0.1, 0.15) is 65.2 Å². The van der Waals surface area contributed by atoms with Crippen molar-refractivity contribution in [1.82, 2.24) is 0 Å². The van der Waals surface area contributed by atoms with Crippen LogP contribution < -0.4 is 0 Å². The van der Waals surface area contributed by atoms with Gasteiger partial charge in [0.05, 0.1) is 5.41 Å². The van der Waals surface area contributed by atoms with Gasteiger partial charge in [0.15, 0.2) is 0 Å². The molecule has 0 saturated heterocycles. The number of hydrogen-bond acceptors (Lipinski definition) is 3. The van der Waals surface area contributed by atoms with Crippen LogP contribution in [-0.4, -0.2) is 33.1 Å². The lowest BCUT2D eigenvalue weighted by Gasteiger charge is -2.67. The van der Waals surface area contributed by atoms with Crippen LogP contribution in [0.3, 0.4) is 0 Å². The molecule has 0 aliphatic heterocycles. The Morgan fingerprint density at radius 2 is 1.85 bits per heavy atom. The summed E-state index contributed by atoms with van der Waals surface area (Å²) >= 11 is 0. The lowest BCUT2D eigenvalue weighted by atomic mass is 9.36. The van der Waals surface area contributed by atoms with Crippen LogP contribution in [0.5, 0.6) is 0 Å². The number of ketones is 1. The molecule has 4 nitrogen and oxygen atoms in total. The van der Waals surface area contributed by atoms with Crippen molar-refractivity contribution in [1.29, 1.82) is 0 Å². The van der Waals surface area contributed by atoms with Crippen molar-refractivity contribution in [3.8, 4) is 0 Å². The van der Waals surface area contributed by atoms with Gasteiger partial charge in [-0.3, -0.25) is 13.8 Å². The van der Waals surface area contributed by atoms with Gasteiger partial charge in [0.2, 0.25) is 0 Å². The van der Waals surface area contributed by atoms with Crippen LogP contribution in [0, 0.1) is 39.9 Å². The van der Waals surface area contributed by atoms with Gasteiger partial charge in [0, 0.05) is 34.1 Å².